The van der Waals surface area contributed by atoms with Crippen LogP contribution in [0.15, 0.2) is 72.8 Å². The second kappa shape index (κ2) is 5.73. The fourth-order valence-electron chi connectivity index (χ4n) is 2.87. The number of benzene rings is 3. The summed E-state index contributed by atoms with van der Waals surface area (Å²) in [5, 5.41) is 0. The molecule has 3 aromatic carbocycles. The number of aromatic amines is 1. The number of aryl methyl sites for hydroxylation is 1. The van der Waals surface area contributed by atoms with Crippen molar-refractivity contribution in [2.45, 2.75) is 13.3 Å². The first-order chi connectivity index (χ1) is 11.3. The number of nitrogens with one attached hydrogen (secondary N) is 1. The molecule has 0 aliphatic heterocycles. The first-order valence-electron chi connectivity index (χ1n) is 7.98. The van der Waals surface area contributed by atoms with Gasteiger partial charge in [-0.2, -0.15) is 0 Å². The fourth-order valence-corrected chi connectivity index (χ4v) is 2.87. The van der Waals surface area contributed by atoms with E-state index < -0.39 is 0 Å². The van der Waals surface area contributed by atoms with Gasteiger partial charge in [0.2, 0.25) is 0 Å². The van der Waals surface area contributed by atoms with Gasteiger partial charge in [0.25, 0.3) is 0 Å². The molecule has 0 bridgehead atoms. The molecule has 2 nitrogen and oxygen atoms in total. The lowest BCUT2D eigenvalue weighted by Crippen LogP contribution is -1.84. The van der Waals surface area contributed by atoms with Crippen LogP contribution >= 0.6 is 0 Å². The van der Waals surface area contributed by atoms with Crippen LogP contribution < -0.4 is 0 Å². The lowest BCUT2D eigenvalue weighted by Gasteiger charge is -2.05. The van der Waals surface area contributed by atoms with Gasteiger partial charge in [-0.05, 0) is 41.3 Å². The standard InChI is InChI=1S/C21H18N2/c1-2-15-10-12-16(13-11-15)17-6-5-7-18(14-17)21-22-19-8-3-4-9-20(19)23-21/h3-14H,2H2,1H3,(H,22,23). The molecule has 0 spiro atoms. The number of para-hydroxylation sites is 2. The number of hydrogen-bond donors (Lipinski definition) is 1. The summed E-state index contributed by atoms with van der Waals surface area (Å²) in [6, 6.07) is 25.4. The Morgan fingerprint density at radius 3 is 2.35 bits per heavy atom. The molecular formula is C21H18N2. The molecular weight excluding hydrogens is 280 g/mol. The summed E-state index contributed by atoms with van der Waals surface area (Å²) < 4.78 is 0. The Balaban J connectivity index is 1.75. The largest absolute Gasteiger partial charge is 0.338 e. The number of nitrogens with zero attached hydrogens (tertiary/aromatic N) is 1. The summed E-state index contributed by atoms with van der Waals surface area (Å²) in [6.45, 7) is 2.18. The Labute approximate surface area is 135 Å². The van der Waals surface area contributed by atoms with E-state index in [9.17, 15) is 0 Å². The average Bonchev–Trinajstić information content (AvgIpc) is 3.06. The predicted octanol–water partition coefficient (Wildman–Crippen LogP) is 5.46. The van der Waals surface area contributed by atoms with E-state index in [1.165, 1.54) is 16.7 Å². The Kier molecular flexibility index (Phi) is 3.43. The molecule has 0 saturated heterocycles. The SMILES string of the molecule is CCc1ccc(-c2cccc(-c3nc4ccccc4[nH]3)c2)cc1. The maximum Gasteiger partial charge on any atom is 0.138 e. The van der Waals surface area contributed by atoms with Gasteiger partial charge < -0.3 is 4.98 Å². The second-order valence-corrected chi connectivity index (χ2v) is 5.73. The number of H-pyrrole nitrogens is 1. The van der Waals surface area contributed by atoms with Crippen molar-refractivity contribution in [2.24, 2.45) is 0 Å². The predicted molar refractivity (Wildman–Crippen MR) is 96.3 cm³/mol. The molecule has 0 fully saturated rings. The first-order valence-corrected chi connectivity index (χ1v) is 7.98. The van der Waals surface area contributed by atoms with Gasteiger partial charge in [0.15, 0.2) is 0 Å². The first kappa shape index (κ1) is 13.8. The highest BCUT2D eigenvalue weighted by molar-refractivity contribution is 5.80. The zero-order valence-corrected chi connectivity index (χ0v) is 13.1. The van der Waals surface area contributed by atoms with Gasteiger partial charge in [-0.25, -0.2) is 4.98 Å². The lowest BCUT2D eigenvalue weighted by atomic mass is 10.0. The summed E-state index contributed by atoms with van der Waals surface area (Å²) in [5.74, 6) is 0.915. The van der Waals surface area contributed by atoms with E-state index in [4.69, 9.17) is 0 Å². The van der Waals surface area contributed by atoms with E-state index >= 15 is 0 Å². The van der Waals surface area contributed by atoms with E-state index in [0.717, 1.165) is 28.8 Å². The summed E-state index contributed by atoms with van der Waals surface area (Å²) in [4.78, 5) is 8.09. The second-order valence-electron chi connectivity index (χ2n) is 5.73. The molecule has 1 aromatic heterocycles. The summed E-state index contributed by atoms with van der Waals surface area (Å²) in [5.41, 5.74) is 6.99. The van der Waals surface area contributed by atoms with Crippen molar-refractivity contribution < 1.29 is 0 Å². The van der Waals surface area contributed by atoms with Crippen molar-refractivity contribution in [2.75, 3.05) is 0 Å². The summed E-state index contributed by atoms with van der Waals surface area (Å²) in [6.07, 6.45) is 1.07. The van der Waals surface area contributed by atoms with Crippen LogP contribution in [0, 0.1) is 0 Å². The van der Waals surface area contributed by atoms with Gasteiger partial charge >= 0.3 is 0 Å². The molecule has 0 radical (unpaired) electrons. The van der Waals surface area contributed by atoms with Crippen molar-refractivity contribution in [3.63, 3.8) is 0 Å². The fraction of sp³-hybridized carbons (Fsp3) is 0.0952. The molecule has 23 heavy (non-hydrogen) atoms. The van der Waals surface area contributed by atoms with Crippen molar-refractivity contribution >= 4 is 11.0 Å². The highest BCUT2D eigenvalue weighted by Gasteiger charge is 2.06. The minimum atomic E-state index is 0.915. The molecule has 1 N–H and O–H groups in total. The van der Waals surface area contributed by atoms with Gasteiger partial charge in [-0.15, -0.1) is 0 Å². The zero-order chi connectivity index (χ0) is 15.6. The molecule has 2 heteroatoms. The van der Waals surface area contributed by atoms with Crippen LogP contribution in [-0.2, 0) is 6.42 Å². The highest BCUT2D eigenvalue weighted by atomic mass is 14.9. The van der Waals surface area contributed by atoms with E-state index in [2.05, 4.69) is 71.5 Å². The van der Waals surface area contributed by atoms with Crippen LogP contribution in [0.4, 0.5) is 0 Å². The monoisotopic (exact) mass is 298 g/mol. The molecule has 1 heterocycles. The van der Waals surface area contributed by atoms with Gasteiger partial charge in [-0.3, -0.25) is 0 Å². The normalized spacial score (nSPS) is 11.0. The maximum atomic E-state index is 4.69. The number of imidazole rings is 1. The number of fused-ring (bicyclic) bond motifs is 1. The minimum Gasteiger partial charge on any atom is -0.338 e. The van der Waals surface area contributed by atoms with Crippen molar-refractivity contribution in [3.05, 3.63) is 78.4 Å². The van der Waals surface area contributed by atoms with E-state index in [0.29, 0.717) is 0 Å². The summed E-state index contributed by atoms with van der Waals surface area (Å²) >= 11 is 0. The van der Waals surface area contributed by atoms with Crippen LogP contribution in [0.1, 0.15) is 12.5 Å². The molecule has 4 aromatic rings. The van der Waals surface area contributed by atoms with Crippen LogP contribution in [-0.4, -0.2) is 9.97 Å². The van der Waals surface area contributed by atoms with E-state index in [1.807, 2.05) is 18.2 Å². The van der Waals surface area contributed by atoms with Crippen LogP contribution in [0.5, 0.6) is 0 Å². The molecule has 112 valence electrons. The molecule has 0 aliphatic rings. The molecule has 4 rings (SSSR count). The molecule has 0 aliphatic carbocycles. The van der Waals surface area contributed by atoms with Crippen LogP contribution in [0.2, 0.25) is 0 Å². The molecule has 0 amide bonds. The van der Waals surface area contributed by atoms with E-state index in [-0.39, 0.29) is 0 Å². The molecule has 0 saturated carbocycles. The summed E-state index contributed by atoms with van der Waals surface area (Å²) in [7, 11) is 0. The number of aromatic nitrogens is 2. The average molecular weight is 298 g/mol. The third-order valence-corrected chi connectivity index (χ3v) is 4.22. The van der Waals surface area contributed by atoms with Crippen molar-refractivity contribution in [3.8, 4) is 22.5 Å². The van der Waals surface area contributed by atoms with Gasteiger partial charge in [0.1, 0.15) is 5.82 Å². The Bertz CT molecular complexity index is 916. The topological polar surface area (TPSA) is 28.7 Å². The van der Waals surface area contributed by atoms with Gasteiger partial charge in [-0.1, -0.05) is 61.5 Å². The number of hydrogen-bond acceptors (Lipinski definition) is 1. The van der Waals surface area contributed by atoms with Crippen molar-refractivity contribution in [1.82, 2.24) is 9.97 Å². The third-order valence-electron chi connectivity index (χ3n) is 4.22. The highest BCUT2D eigenvalue weighted by Crippen LogP contribution is 2.26. The molecule has 0 atom stereocenters. The molecule has 0 unspecified atom stereocenters. The quantitative estimate of drug-likeness (QED) is 0.534. The Morgan fingerprint density at radius 2 is 1.57 bits per heavy atom. The lowest BCUT2D eigenvalue weighted by molar-refractivity contribution is 1.14. The zero-order valence-electron chi connectivity index (χ0n) is 13.1. The van der Waals surface area contributed by atoms with E-state index in [1.54, 1.807) is 0 Å². The Morgan fingerprint density at radius 1 is 0.783 bits per heavy atom. The third kappa shape index (κ3) is 2.64. The van der Waals surface area contributed by atoms with Crippen molar-refractivity contribution in [1.29, 1.82) is 0 Å². The maximum absolute atomic E-state index is 4.69. The number of rotatable bonds is 3. The van der Waals surface area contributed by atoms with Crippen LogP contribution in [0.25, 0.3) is 33.5 Å². The minimum absolute atomic E-state index is 0.915. The van der Waals surface area contributed by atoms with Gasteiger partial charge in [0.05, 0.1) is 11.0 Å². The van der Waals surface area contributed by atoms with Gasteiger partial charge in [0, 0.05) is 5.56 Å². The van der Waals surface area contributed by atoms with Crippen LogP contribution in [0.3, 0.4) is 0 Å². The Hall–Kier alpha value is -2.87. The smallest absolute Gasteiger partial charge is 0.138 e.